The van der Waals surface area contributed by atoms with Crippen molar-refractivity contribution in [2.75, 3.05) is 0 Å². The first-order chi connectivity index (χ1) is 8.75. The maximum absolute atomic E-state index is 11.9. The molecule has 0 amide bonds. The van der Waals surface area contributed by atoms with Crippen molar-refractivity contribution in [3.63, 3.8) is 0 Å². The van der Waals surface area contributed by atoms with Crippen molar-refractivity contribution in [2.45, 2.75) is 31.8 Å². The molecule has 94 valence electrons. The molecule has 1 aliphatic carbocycles. The average molecular weight is 242 g/mol. The molecular formula is C16H18O2. The minimum Gasteiger partial charge on any atom is -0.388 e. The van der Waals surface area contributed by atoms with Crippen LogP contribution in [0.15, 0.2) is 54.1 Å². The van der Waals surface area contributed by atoms with Crippen molar-refractivity contribution >= 4 is 5.78 Å². The zero-order chi connectivity index (χ0) is 12.8. The van der Waals surface area contributed by atoms with Gasteiger partial charge in [0.1, 0.15) is 5.78 Å². The van der Waals surface area contributed by atoms with E-state index in [-0.39, 0.29) is 12.2 Å². The van der Waals surface area contributed by atoms with Gasteiger partial charge in [0.15, 0.2) is 0 Å². The fraction of sp³-hybridized carbons (Fsp3) is 0.312. The Balaban J connectivity index is 1.88. The number of hydrogen-bond donors (Lipinski definition) is 1. The first-order valence-electron chi connectivity index (χ1n) is 6.36. The summed E-state index contributed by atoms with van der Waals surface area (Å²) in [6, 6.07) is 9.64. The Hall–Kier alpha value is -1.67. The summed E-state index contributed by atoms with van der Waals surface area (Å²) >= 11 is 0. The SMILES string of the molecule is O=C(Cc1ccccc1)CC(O)C1=CCCC=C1. The Kier molecular flexibility index (Phi) is 4.48. The number of aliphatic hydroxyl groups excluding tert-OH is 1. The van der Waals surface area contributed by atoms with Crippen molar-refractivity contribution < 1.29 is 9.90 Å². The molecule has 0 heterocycles. The van der Waals surface area contributed by atoms with Gasteiger partial charge in [0.05, 0.1) is 6.10 Å². The van der Waals surface area contributed by atoms with Crippen LogP contribution in [0.1, 0.15) is 24.8 Å². The number of ketones is 1. The zero-order valence-electron chi connectivity index (χ0n) is 10.4. The van der Waals surface area contributed by atoms with Gasteiger partial charge in [0.25, 0.3) is 0 Å². The summed E-state index contributed by atoms with van der Waals surface area (Å²) in [5.41, 5.74) is 1.88. The lowest BCUT2D eigenvalue weighted by molar-refractivity contribution is -0.119. The van der Waals surface area contributed by atoms with Crippen molar-refractivity contribution in [3.8, 4) is 0 Å². The minimum absolute atomic E-state index is 0.0774. The molecule has 1 aromatic rings. The summed E-state index contributed by atoms with van der Waals surface area (Å²) in [5.74, 6) is 0.0774. The second kappa shape index (κ2) is 6.31. The van der Waals surface area contributed by atoms with Crippen LogP contribution in [0, 0.1) is 0 Å². The quantitative estimate of drug-likeness (QED) is 0.862. The zero-order valence-corrected chi connectivity index (χ0v) is 10.4. The number of Topliss-reactive ketones (excluding diaryl/α,β-unsaturated/α-hetero) is 1. The van der Waals surface area contributed by atoms with Crippen LogP contribution in [0.25, 0.3) is 0 Å². The van der Waals surface area contributed by atoms with Crippen LogP contribution in [-0.2, 0) is 11.2 Å². The monoisotopic (exact) mass is 242 g/mol. The van der Waals surface area contributed by atoms with Crippen LogP contribution in [-0.4, -0.2) is 17.0 Å². The van der Waals surface area contributed by atoms with E-state index in [1.54, 1.807) is 0 Å². The van der Waals surface area contributed by atoms with Gasteiger partial charge >= 0.3 is 0 Å². The summed E-state index contributed by atoms with van der Waals surface area (Å²) in [5, 5.41) is 9.98. The van der Waals surface area contributed by atoms with E-state index in [9.17, 15) is 9.90 Å². The standard InChI is InChI=1S/C16H18O2/c17-15(11-13-7-3-1-4-8-13)12-16(18)14-9-5-2-6-10-14/h1,3-5,7-10,16,18H,2,6,11-12H2. The normalized spacial score (nSPS) is 16.2. The van der Waals surface area contributed by atoms with Gasteiger partial charge in [0, 0.05) is 12.8 Å². The van der Waals surface area contributed by atoms with Crippen LogP contribution < -0.4 is 0 Å². The van der Waals surface area contributed by atoms with E-state index in [1.807, 2.05) is 48.6 Å². The van der Waals surface area contributed by atoms with Gasteiger partial charge in [-0.05, 0) is 24.0 Å². The summed E-state index contributed by atoms with van der Waals surface area (Å²) in [6.45, 7) is 0. The molecule has 2 heteroatoms. The third kappa shape index (κ3) is 3.67. The minimum atomic E-state index is -0.655. The van der Waals surface area contributed by atoms with Crippen LogP contribution in [0.5, 0.6) is 0 Å². The summed E-state index contributed by atoms with van der Waals surface area (Å²) in [4.78, 5) is 11.9. The Morgan fingerprint density at radius 1 is 1.22 bits per heavy atom. The summed E-state index contributed by atoms with van der Waals surface area (Å²) < 4.78 is 0. The molecule has 0 spiro atoms. The first-order valence-corrected chi connectivity index (χ1v) is 6.36. The van der Waals surface area contributed by atoms with E-state index in [1.165, 1.54) is 0 Å². The number of rotatable bonds is 5. The molecule has 0 bridgehead atoms. The highest BCUT2D eigenvalue weighted by atomic mass is 16.3. The molecule has 0 fully saturated rings. The lowest BCUT2D eigenvalue weighted by Gasteiger charge is -2.13. The Bertz CT molecular complexity index is 457. The first kappa shape index (κ1) is 12.8. The van der Waals surface area contributed by atoms with Gasteiger partial charge in [-0.2, -0.15) is 0 Å². The average Bonchev–Trinajstić information content (AvgIpc) is 2.40. The molecule has 0 radical (unpaired) electrons. The van der Waals surface area contributed by atoms with Gasteiger partial charge in [-0.15, -0.1) is 0 Å². The van der Waals surface area contributed by atoms with Crippen molar-refractivity contribution in [2.24, 2.45) is 0 Å². The van der Waals surface area contributed by atoms with Crippen LogP contribution in [0.4, 0.5) is 0 Å². The number of carbonyl (C=O) groups excluding carboxylic acids is 1. The highest BCUT2D eigenvalue weighted by molar-refractivity contribution is 5.81. The van der Waals surface area contributed by atoms with Crippen LogP contribution in [0.3, 0.4) is 0 Å². The van der Waals surface area contributed by atoms with Gasteiger partial charge in [-0.1, -0.05) is 48.6 Å². The summed E-state index contributed by atoms with van der Waals surface area (Å²) in [7, 11) is 0. The number of allylic oxidation sites excluding steroid dienone is 2. The largest absolute Gasteiger partial charge is 0.388 e. The molecule has 0 saturated heterocycles. The molecule has 0 aliphatic heterocycles. The molecule has 1 unspecified atom stereocenters. The lowest BCUT2D eigenvalue weighted by atomic mass is 9.96. The molecule has 1 aromatic carbocycles. The second-order valence-corrected chi connectivity index (χ2v) is 4.60. The highest BCUT2D eigenvalue weighted by Crippen LogP contribution is 2.16. The number of hydrogen-bond acceptors (Lipinski definition) is 2. The Morgan fingerprint density at radius 2 is 2.00 bits per heavy atom. The highest BCUT2D eigenvalue weighted by Gasteiger charge is 2.14. The predicted octanol–water partition coefficient (Wildman–Crippen LogP) is 2.83. The number of benzene rings is 1. The van der Waals surface area contributed by atoms with E-state index in [0.717, 1.165) is 24.0 Å². The molecule has 2 nitrogen and oxygen atoms in total. The smallest absolute Gasteiger partial charge is 0.140 e. The fourth-order valence-corrected chi connectivity index (χ4v) is 2.11. The van der Waals surface area contributed by atoms with E-state index >= 15 is 0 Å². The molecule has 1 N–H and O–H groups in total. The Labute approximate surface area is 108 Å². The lowest BCUT2D eigenvalue weighted by Crippen LogP contribution is -2.17. The van der Waals surface area contributed by atoms with Crippen molar-refractivity contribution in [1.82, 2.24) is 0 Å². The van der Waals surface area contributed by atoms with E-state index in [2.05, 4.69) is 0 Å². The van der Waals surface area contributed by atoms with Gasteiger partial charge in [0.2, 0.25) is 0 Å². The maximum atomic E-state index is 11.9. The molecule has 0 aromatic heterocycles. The van der Waals surface area contributed by atoms with Crippen LogP contribution in [0.2, 0.25) is 0 Å². The molecule has 0 saturated carbocycles. The van der Waals surface area contributed by atoms with Gasteiger partial charge in [-0.3, -0.25) is 4.79 Å². The number of aliphatic hydroxyl groups is 1. The van der Waals surface area contributed by atoms with E-state index in [0.29, 0.717) is 6.42 Å². The predicted molar refractivity (Wildman–Crippen MR) is 72.2 cm³/mol. The number of carbonyl (C=O) groups is 1. The van der Waals surface area contributed by atoms with Crippen LogP contribution >= 0.6 is 0 Å². The maximum Gasteiger partial charge on any atom is 0.140 e. The molecule has 1 atom stereocenters. The van der Waals surface area contributed by atoms with Crippen molar-refractivity contribution in [3.05, 3.63) is 59.7 Å². The molecule has 2 rings (SSSR count). The molecular weight excluding hydrogens is 224 g/mol. The third-order valence-electron chi connectivity index (χ3n) is 3.07. The topological polar surface area (TPSA) is 37.3 Å². The van der Waals surface area contributed by atoms with Gasteiger partial charge < -0.3 is 5.11 Å². The third-order valence-corrected chi connectivity index (χ3v) is 3.07. The van der Waals surface area contributed by atoms with Gasteiger partial charge in [-0.25, -0.2) is 0 Å². The molecule has 18 heavy (non-hydrogen) atoms. The van der Waals surface area contributed by atoms with E-state index < -0.39 is 6.10 Å². The Morgan fingerprint density at radius 3 is 2.67 bits per heavy atom. The van der Waals surface area contributed by atoms with Crippen molar-refractivity contribution in [1.29, 1.82) is 0 Å². The second-order valence-electron chi connectivity index (χ2n) is 4.60. The summed E-state index contributed by atoms with van der Waals surface area (Å²) in [6.07, 6.45) is 7.90. The molecule has 1 aliphatic rings. The van der Waals surface area contributed by atoms with E-state index in [4.69, 9.17) is 0 Å². The fourth-order valence-electron chi connectivity index (χ4n) is 2.11.